The molecule has 0 spiro atoms. The molecule has 4 nitrogen and oxygen atoms in total. The third kappa shape index (κ3) is 2.22. The summed E-state index contributed by atoms with van der Waals surface area (Å²) in [5, 5.41) is 0. The van der Waals surface area contributed by atoms with Gasteiger partial charge >= 0.3 is 0 Å². The number of aromatic nitrogens is 1. The molecule has 2 aliphatic rings. The smallest absolute Gasteiger partial charge is 0.129 e. The lowest BCUT2D eigenvalue weighted by atomic mass is 10.2. The largest absolute Gasteiger partial charge is 0.378 e. The van der Waals surface area contributed by atoms with Crippen LogP contribution in [-0.2, 0) is 17.8 Å². The Labute approximate surface area is 109 Å². The van der Waals surface area contributed by atoms with Crippen LogP contribution in [0.25, 0.3) is 0 Å². The van der Waals surface area contributed by atoms with Gasteiger partial charge in [-0.1, -0.05) is 6.07 Å². The van der Waals surface area contributed by atoms with Crippen LogP contribution in [0.3, 0.4) is 0 Å². The number of morpholine rings is 1. The molecule has 0 saturated carbocycles. The number of hydrogen-bond acceptors (Lipinski definition) is 4. The van der Waals surface area contributed by atoms with Crippen molar-refractivity contribution in [1.82, 2.24) is 9.88 Å². The van der Waals surface area contributed by atoms with Gasteiger partial charge in [0.2, 0.25) is 0 Å². The van der Waals surface area contributed by atoms with E-state index in [2.05, 4.69) is 35.8 Å². The average Bonchev–Trinajstić information content (AvgIpc) is 2.82. The molecule has 1 aromatic rings. The fourth-order valence-corrected chi connectivity index (χ4v) is 2.60. The Kier molecular flexibility index (Phi) is 3.22. The first-order chi connectivity index (χ1) is 8.74. The Morgan fingerprint density at radius 3 is 2.67 bits per heavy atom. The molecule has 4 heteroatoms. The Balaban J connectivity index is 1.78. The lowest BCUT2D eigenvalue weighted by Crippen LogP contribution is -2.36. The van der Waals surface area contributed by atoms with Crippen LogP contribution in [0, 0.1) is 0 Å². The number of anilines is 1. The molecule has 0 aliphatic carbocycles. The molecule has 18 heavy (non-hydrogen) atoms. The van der Waals surface area contributed by atoms with Gasteiger partial charge in [-0.2, -0.15) is 0 Å². The van der Waals surface area contributed by atoms with Gasteiger partial charge in [0.15, 0.2) is 0 Å². The van der Waals surface area contributed by atoms with Gasteiger partial charge in [-0.15, -0.1) is 0 Å². The van der Waals surface area contributed by atoms with Gasteiger partial charge in [-0.25, -0.2) is 4.98 Å². The third-order valence-corrected chi connectivity index (χ3v) is 3.85. The topological polar surface area (TPSA) is 28.6 Å². The molecule has 0 aromatic carbocycles. The van der Waals surface area contributed by atoms with Crippen molar-refractivity contribution in [3.8, 4) is 0 Å². The van der Waals surface area contributed by atoms with E-state index in [9.17, 15) is 0 Å². The molecule has 2 aliphatic heterocycles. The summed E-state index contributed by atoms with van der Waals surface area (Å²) in [7, 11) is 0. The van der Waals surface area contributed by atoms with E-state index in [1.54, 1.807) is 0 Å². The van der Waals surface area contributed by atoms with Crippen LogP contribution in [0.15, 0.2) is 12.1 Å². The summed E-state index contributed by atoms with van der Waals surface area (Å²) in [6.07, 6.45) is 0. The number of fused-ring (bicyclic) bond motifs is 1. The van der Waals surface area contributed by atoms with E-state index in [4.69, 9.17) is 9.72 Å². The van der Waals surface area contributed by atoms with Crippen LogP contribution in [0.5, 0.6) is 0 Å². The van der Waals surface area contributed by atoms with Crippen LogP contribution in [0.2, 0.25) is 0 Å². The first-order valence-corrected chi connectivity index (χ1v) is 6.79. The van der Waals surface area contributed by atoms with Gasteiger partial charge in [0, 0.05) is 32.2 Å². The fraction of sp³-hybridized carbons (Fsp3) is 0.643. The van der Waals surface area contributed by atoms with Crippen molar-refractivity contribution in [2.45, 2.75) is 33.0 Å². The van der Waals surface area contributed by atoms with Gasteiger partial charge in [0.1, 0.15) is 5.82 Å². The minimum absolute atomic E-state index is 0.589. The predicted octanol–water partition coefficient (Wildman–Crippen LogP) is 1.64. The van der Waals surface area contributed by atoms with Crippen LogP contribution in [0.4, 0.5) is 5.82 Å². The lowest BCUT2D eigenvalue weighted by Gasteiger charge is -2.28. The molecule has 3 rings (SSSR count). The SMILES string of the molecule is CC(C)N1Cc2ccc(N3CCOCC3)nc2C1. The summed E-state index contributed by atoms with van der Waals surface area (Å²) in [4.78, 5) is 9.62. The monoisotopic (exact) mass is 247 g/mol. The van der Waals surface area contributed by atoms with Crippen molar-refractivity contribution in [3.05, 3.63) is 23.4 Å². The second kappa shape index (κ2) is 4.86. The van der Waals surface area contributed by atoms with E-state index in [0.717, 1.165) is 45.2 Å². The van der Waals surface area contributed by atoms with E-state index < -0.39 is 0 Å². The number of nitrogens with zero attached hydrogens (tertiary/aromatic N) is 3. The molecule has 0 amide bonds. The zero-order valence-electron chi connectivity index (χ0n) is 11.2. The van der Waals surface area contributed by atoms with Crippen molar-refractivity contribution in [3.63, 3.8) is 0 Å². The summed E-state index contributed by atoms with van der Waals surface area (Å²) in [6.45, 7) is 10.1. The number of ether oxygens (including phenoxy) is 1. The van der Waals surface area contributed by atoms with Crippen LogP contribution in [0.1, 0.15) is 25.1 Å². The lowest BCUT2D eigenvalue weighted by molar-refractivity contribution is 0.122. The molecule has 1 saturated heterocycles. The van der Waals surface area contributed by atoms with Crippen molar-refractivity contribution >= 4 is 5.82 Å². The summed E-state index contributed by atoms with van der Waals surface area (Å²) >= 11 is 0. The van der Waals surface area contributed by atoms with E-state index in [1.165, 1.54) is 11.3 Å². The van der Waals surface area contributed by atoms with Gasteiger partial charge in [0.05, 0.1) is 18.9 Å². The van der Waals surface area contributed by atoms with E-state index in [0.29, 0.717) is 6.04 Å². The number of pyridine rings is 1. The molecule has 0 atom stereocenters. The van der Waals surface area contributed by atoms with Crippen molar-refractivity contribution in [2.24, 2.45) is 0 Å². The van der Waals surface area contributed by atoms with Gasteiger partial charge in [-0.05, 0) is 25.5 Å². The van der Waals surface area contributed by atoms with Crippen LogP contribution >= 0.6 is 0 Å². The highest BCUT2D eigenvalue weighted by atomic mass is 16.5. The Morgan fingerprint density at radius 1 is 1.17 bits per heavy atom. The molecule has 1 aromatic heterocycles. The molecule has 0 radical (unpaired) electrons. The van der Waals surface area contributed by atoms with E-state index >= 15 is 0 Å². The third-order valence-electron chi connectivity index (χ3n) is 3.85. The standard InChI is InChI=1S/C14H21N3O/c1-11(2)17-9-12-3-4-14(15-13(12)10-17)16-5-7-18-8-6-16/h3-4,11H,5-10H2,1-2H3. The van der Waals surface area contributed by atoms with E-state index in [1.807, 2.05) is 0 Å². The summed E-state index contributed by atoms with van der Waals surface area (Å²) in [6, 6.07) is 5.00. The van der Waals surface area contributed by atoms with Gasteiger partial charge in [0.25, 0.3) is 0 Å². The Morgan fingerprint density at radius 2 is 1.94 bits per heavy atom. The Hall–Kier alpha value is -1.13. The molecule has 1 fully saturated rings. The predicted molar refractivity (Wildman–Crippen MR) is 71.7 cm³/mol. The molecular weight excluding hydrogens is 226 g/mol. The summed E-state index contributed by atoms with van der Waals surface area (Å²) < 4.78 is 5.38. The quantitative estimate of drug-likeness (QED) is 0.794. The molecule has 3 heterocycles. The fourth-order valence-electron chi connectivity index (χ4n) is 2.60. The maximum atomic E-state index is 5.38. The zero-order valence-corrected chi connectivity index (χ0v) is 11.2. The average molecular weight is 247 g/mol. The Bertz CT molecular complexity index is 427. The normalized spacial score (nSPS) is 20.5. The maximum Gasteiger partial charge on any atom is 0.129 e. The number of hydrogen-bond donors (Lipinski definition) is 0. The van der Waals surface area contributed by atoms with Crippen molar-refractivity contribution in [2.75, 3.05) is 31.2 Å². The number of rotatable bonds is 2. The van der Waals surface area contributed by atoms with Crippen molar-refractivity contribution in [1.29, 1.82) is 0 Å². The molecular formula is C14H21N3O. The minimum Gasteiger partial charge on any atom is -0.378 e. The highest BCUT2D eigenvalue weighted by Crippen LogP contribution is 2.25. The second-order valence-corrected chi connectivity index (χ2v) is 5.37. The molecule has 0 N–H and O–H groups in total. The van der Waals surface area contributed by atoms with Crippen LogP contribution < -0.4 is 4.90 Å². The molecule has 0 unspecified atom stereocenters. The van der Waals surface area contributed by atoms with E-state index in [-0.39, 0.29) is 0 Å². The second-order valence-electron chi connectivity index (χ2n) is 5.37. The highest BCUT2D eigenvalue weighted by Gasteiger charge is 2.23. The minimum atomic E-state index is 0.589. The maximum absolute atomic E-state index is 5.38. The highest BCUT2D eigenvalue weighted by molar-refractivity contribution is 5.43. The zero-order chi connectivity index (χ0) is 12.5. The summed E-state index contributed by atoms with van der Waals surface area (Å²) in [5.41, 5.74) is 2.65. The van der Waals surface area contributed by atoms with Gasteiger partial charge < -0.3 is 9.64 Å². The first kappa shape index (κ1) is 11.9. The van der Waals surface area contributed by atoms with Crippen LogP contribution in [-0.4, -0.2) is 42.2 Å². The summed E-state index contributed by atoms with van der Waals surface area (Å²) in [5.74, 6) is 1.11. The van der Waals surface area contributed by atoms with Crippen molar-refractivity contribution < 1.29 is 4.74 Å². The molecule has 98 valence electrons. The first-order valence-electron chi connectivity index (χ1n) is 6.79. The molecule has 0 bridgehead atoms. The van der Waals surface area contributed by atoms with Gasteiger partial charge in [-0.3, -0.25) is 4.90 Å².